The number of amides is 1. The van der Waals surface area contributed by atoms with Gasteiger partial charge in [0.15, 0.2) is 0 Å². The lowest BCUT2D eigenvalue weighted by Gasteiger charge is -2.34. The van der Waals surface area contributed by atoms with Crippen molar-refractivity contribution in [3.8, 4) is 0 Å². The zero-order valence-corrected chi connectivity index (χ0v) is 11.5. The summed E-state index contributed by atoms with van der Waals surface area (Å²) in [6.07, 6.45) is 0. The highest BCUT2D eigenvalue weighted by Crippen LogP contribution is 2.13. The molecule has 1 saturated heterocycles. The van der Waals surface area contributed by atoms with E-state index in [4.69, 9.17) is 0 Å². The van der Waals surface area contributed by atoms with Crippen molar-refractivity contribution in [2.45, 2.75) is 6.54 Å². The SMILES string of the molecule is O=C(CBr)N1CCN(Cc2cccs2)CC1. The van der Waals surface area contributed by atoms with E-state index in [1.807, 2.05) is 4.90 Å². The maximum atomic E-state index is 11.5. The first kappa shape index (κ1) is 12.1. The molecule has 2 heterocycles. The Hall–Kier alpha value is -0.390. The number of alkyl halides is 1. The predicted octanol–water partition coefficient (Wildman–Crippen LogP) is 1.79. The van der Waals surface area contributed by atoms with Crippen LogP contribution in [0, 0.1) is 0 Å². The van der Waals surface area contributed by atoms with Crippen molar-refractivity contribution in [2.24, 2.45) is 0 Å². The van der Waals surface area contributed by atoms with Crippen molar-refractivity contribution in [1.29, 1.82) is 0 Å². The Kier molecular flexibility index (Phi) is 4.37. The lowest BCUT2D eigenvalue weighted by Crippen LogP contribution is -2.48. The molecule has 0 N–H and O–H groups in total. The quantitative estimate of drug-likeness (QED) is 0.795. The van der Waals surface area contributed by atoms with Gasteiger partial charge < -0.3 is 4.90 Å². The minimum atomic E-state index is 0.204. The number of nitrogens with zero attached hydrogens (tertiary/aromatic N) is 2. The molecule has 1 fully saturated rings. The molecule has 0 unspecified atom stereocenters. The molecule has 0 radical (unpaired) electrons. The largest absolute Gasteiger partial charge is 0.339 e. The third-order valence-electron chi connectivity index (χ3n) is 2.80. The van der Waals surface area contributed by atoms with E-state index in [9.17, 15) is 4.79 Å². The molecule has 0 aromatic carbocycles. The molecule has 0 aliphatic carbocycles. The van der Waals surface area contributed by atoms with Gasteiger partial charge in [0, 0.05) is 37.6 Å². The molecule has 1 aliphatic rings. The molecule has 0 spiro atoms. The number of thiophene rings is 1. The highest BCUT2D eigenvalue weighted by molar-refractivity contribution is 9.09. The maximum absolute atomic E-state index is 11.5. The summed E-state index contributed by atoms with van der Waals surface area (Å²) in [6.45, 7) is 4.70. The van der Waals surface area contributed by atoms with Crippen molar-refractivity contribution >= 4 is 33.2 Å². The number of rotatable bonds is 3. The molecule has 16 heavy (non-hydrogen) atoms. The molecular weight excluding hydrogens is 288 g/mol. The van der Waals surface area contributed by atoms with Gasteiger partial charge in [0.1, 0.15) is 0 Å². The third-order valence-corrected chi connectivity index (χ3v) is 4.14. The predicted molar refractivity (Wildman–Crippen MR) is 70.0 cm³/mol. The number of hydrogen-bond acceptors (Lipinski definition) is 3. The Bertz CT molecular complexity index is 334. The Balaban J connectivity index is 1.79. The lowest BCUT2D eigenvalue weighted by atomic mass is 10.3. The molecule has 1 aromatic heterocycles. The highest BCUT2D eigenvalue weighted by atomic mass is 79.9. The summed E-state index contributed by atoms with van der Waals surface area (Å²) in [4.78, 5) is 17.2. The van der Waals surface area contributed by atoms with Crippen molar-refractivity contribution < 1.29 is 4.79 Å². The van der Waals surface area contributed by atoms with Crippen molar-refractivity contribution in [3.63, 3.8) is 0 Å². The van der Waals surface area contributed by atoms with Crippen molar-refractivity contribution in [1.82, 2.24) is 9.80 Å². The molecule has 1 amide bonds. The van der Waals surface area contributed by atoms with E-state index in [1.54, 1.807) is 11.3 Å². The molecule has 88 valence electrons. The average Bonchev–Trinajstić information content (AvgIpc) is 2.82. The van der Waals surface area contributed by atoms with E-state index >= 15 is 0 Å². The van der Waals surface area contributed by atoms with E-state index in [-0.39, 0.29) is 5.91 Å². The molecule has 5 heteroatoms. The minimum absolute atomic E-state index is 0.204. The Labute approximate surface area is 108 Å². The second-order valence-electron chi connectivity index (χ2n) is 3.87. The topological polar surface area (TPSA) is 23.6 Å². The molecule has 1 aliphatic heterocycles. The van der Waals surface area contributed by atoms with Crippen molar-refractivity contribution in [3.05, 3.63) is 22.4 Å². The molecule has 0 saturated carbocycles. The summed E-state index contributed by atoms with van der Waals surface area (Å²) in [5, 5.41) is 2.55. The first-order valence-electron chi connectivity index (χ1n) is 5.38. The van der Waals surface area contributed by atoms with E-state index in [2.05, 4.69) is 38.3 Å². The summed E-state index contributed by atoms with van der Waals surface area (Å²) in [6, 6.07) is 4.26. The van der Waals surface area contributed by atoms with Gasteiger partial charge in [-0.05, 0) is 11.4 Å². The number of hydrogen-bond donors (Lipinski definition) is 0. The van der Waals surface area contributed by atoms with Crippen LogP contribution in [0.4, 0.5) is 0 Å². The third kappa shape index (κ3) is 3.06. The monoisotopic (exact) mass is 302 g/mol. The van der Waals surface area contributed by atoms with Crippen LogP contribution in [-0.4, -0.2) is 47.2 Å². The lowest BCUT2D eigenvalue weighted by molar-refractivity contribution is -0.130. The van der Waals surface area contributed by atoms with Crippen LogP contribution in [0.25, 0.3) is 0 Å². The highest BCUT2D eigenvalue weighted by Gasteiger charge is 2.20. The normalized spacial score (nSPS) is 17.7. The van der Waals surface area contributed by atoms with Crippen LogP contribution in [0.5, 0.6) is 0 Å². The standard InChI is InChI=1S/C11H15BrN2OS/c12-8-11(15)14-5-3-13(4-6-14)9-10-2-1-7-16-10/h1-2,7H,3-6,8-9H2. The molecule has 0 atom stereocenters. The van der Waals surface area contributed by atoms with E-state index in [1.165, 1.54) is 4.88 Å². The molecule has 1 aromatic rings. The maximum Gasteiger partial charge on any atom is 0.233 e. The number of piperazine rings is 1. The van der Waals surface area contributed by atoms with Crippen LogP contribution >= 0.6 is 27.3 Å². The van der Waals surface area contributed by atoms with Gasteiger partial charge in [0.05, 0.1) is 5.33 Å². The number of halogens is 1. The summed E-state index contributed by atoms with van der Waals surface area (Å²) >= 11 is 5.01. The van der Waals surface area contributed by atoms with Crippen LogP contribution < -0.4 is 0 Å². The second-order valence-corrected chi connectivity index (χ2v) is 5.46. The van der Waals surface area contributed by atoms with Crippen LogP contribution in [0.15, 0.2) is 17.5 Å². The van der Waals surface area contributed by atoms with Crippen LogP contribution in [0.1, 0.15) is 4.88 Å². The van der Waals surface area contributed by atoms with Gasteiger partial charge >= 0.3 is 0 Å². The van der Waals surface area contributed by atoms with Crippen LogP contribution in [0.2, 0.25) is 0 Å². The van der Waals surface area contributed by atoms with Crippen LogP contribution in [-0.2, 0) is 11.3 Å². The van der Waals surface area contributed by atoms with E-state index in [0.717, 1.165) is 32.7 Å². The van der Waals surface area contributed by atoms with Gasteiger partial charge in [0.25, 0.3) is 0 Å². The average molecular weight is 303 g/mol. The van der Waals surface area contributed by atoms with Gasteiger partial charge in [-0.25, -0.2) is 0 Å². The Morgan fingerprint density at radius 1 is 1.38 bits per heavy atom. The Morgan fingerprint density at radius 2 is 2.12 bits per heavy atom. The number of carbonyl (C=O) groups excluding carboxylic acids is 1. The molecular formula is C11H15BrN2OS. The summed E-state index contributed by atoms with van der Waals surface area (Å²) in [7, 11) is 0. The Morgan fingerprint density at radius 3 is 2.69 bits per heavy atom. The zero-order valence-electron chi connectivity index (χ0n) is 9.06. The summed E-state index contributed by atoms with van der Waals surface area (Å²) in [5.41, 5.74) is 0. The smallest absolute Gasteiger partial charge is 0.233 e. The fourth-order valence-corrected chi connectivity index (χ4v) is 2.96. The van der Waals surface area contributed by atoms with E-state index < -0.39 is 0 Å². The van der Waals surface area contributed by atoms with Crippen LogP contribution in [0.3, 0.4) is 0 Å². The van der Waals surface area contributed by atoms with Gasteiger partial charge in [-0.3, -0.25) is 9.69 Å². The number of carbonyl (C=O) groups is 1. The summed E-state index contributed by atoms with van der Waals surface area (Å²) in [5.74, 6) is 0.204. The van der Waals surface area contributed by atoms with Gasteiger partial charge in [0.2, 0.25) is 5.91 Å². The zero-order chi connectivity index (χ0) is 11.4. The van der Waals surface area contributed by atoms with Gasteiger partial charge in [-0.15, -0.1) is 11.3 Å². The van der Waals surface area contributed by atoms with Gasteiger partial charge in [-0.1, -0.05) is 22.0 Å². The van der Waals surface area contributed by atoms with E-state index in [0.29, 0.717) is 5.33 Å². The molecule has 0 bridgehead atoms. The second kappa shape index (κ2) is 5.80. The fourth-order valence-electron chi connectivity index (χ4n) is 1.86. The first-order valence-corrected chi connectivity index (χ1v) is 7.38. The molecule has 3 nitrogen and oxygen atoms in total. The van der Waals surface area contributed by atoms with Gasteiger partial charge in [-0.2, -0.15) is 0 Å². The molecule has 2 rings (SSSR count). The first-order chi connectivity index (χ1) is 7.79. The minimum Gasteiger partial charge on any atom is -0.339 e. The van der Waals surface area contributed by atoms with Crippen molar-refractivity contribution in [2.75, 3.05) is 31.5 Å². The summed E-state index contributed by atoms with van der Waals surface area (Å²) < 4.78 is 0. The fraction of sp³-hybridized carbons (Fsp3) is 0.545.